The van der Waals surface area contributed by atoms with Gasteiger partial charge in [-0.05, 0) is 45.1 Å². The van der Waals surface area contributed by atoms with Gasteiger partial charge in [0, 0.05) is 31.0 Å². The Hall–Kier alpha value is -2.15. The van der Waals surface area contributed by atoms with Crippen LogP contribution < -0.4 is 5.56 Å². The van der Waals surface area contributed by atoms with Crippen molar-refractivity contribution in [3.05, 3.63) is 33.4 Å². The van der Waals surface area contributed by atoms with Gasteiger partial charge in [0.15, 0.2) is 5.65 Å². The highest BCUT2D eigenvalue weighted by Crippen LogP contribution is 2.36. The quantitative estimate of drug-likeness (QED) is 0.823. The molecule has 0 spiro atoms. The molecule has 0 bridgehead atoms. The number of H-pyrrole nitrogens is 1. The van der Waals surface area contributed by atoms with Crippen molar-refractivity contribution in [2.45, 2.75) is 89.3 Å². The summed E-state index contributed by atoms with van der Waals surface area (Å²) in [5.74, 6) is 0.405. The lowest BCUT2D eigenvalue weighted by Crippen LogP contribution is -2.42. The molecule has 7 nitrogen and oxygen atoms in total. The zero-order chi connectivity index (χ0) is 20.9. The van der Waals surface area contributed by atoms with Gasteiger partial charge in [-0.25, -0.2) is 9.50 Å². The van der Waals surface area contributed by atoms with Crippen LogP contribution in [0.3, 0.4) is 0 Å². The molecule has 0 aromatic carbocycles. The van der Waals surface area contributed by atoms with Crippen molar-refractivity contribution in [1.82, 2.24) is 24.4 Å². The first-order valence-corrected chi connectivity index (χ1v) is 12.4. The number of piperidine rings is 1. The molecule has 1 amide bonds. The molecule has 1 N–H and O–H groups in total. The van der Waals surface area contributed by atoms with E-state index in [0.717, 1.165) is 42.8 Å². The van der Waals surface area contributed by atoms with Crippen LogP contribution >= 0.6 is 0 Å². The summed E-state index contributed by atoms with van der Waals surface area (Å²) in [6.07, 6.45) is 13.0. The van der Waals surface area contributed by atoms with Crippen molar-refractivity contribution in [2.24, 2.45) is 5.92 Å². The third-order valence-corrected chi connectivity index (χ3v) is 7.97. The number of hydrogen-bond donors (Lipinski definition) is 1. The van der Waals surface area contributed by atoms with E-state index >= 15 is 0 Å². The van der Waals surface area contributed by atoms with Gasteiger partial charge in [0.2, 0.25) is 5.91 Å². The Labute approximate surface area is 182 Å². The fourth-order valence-corrected chi connectivity index (χ4v) is 6.08. The van der Waals surface area contributed by atoms with Gasteiger partial charge < -0.3 is 4.90 Å². The number of amides is 1. The lowest BCUT2D eigenvalue weighted by molar-refractivity contribution is -0.133. The van der Waals surface area contributed by atoms with Gasteiger partial charge in [-0.15, -0.1) is 0 Å². The smallest absolute Gasteiger partial charge is 0.277 e. The number of nitrogens with zero attached hydrogens (tertiary/aromatic N) is 4. The van der Waals surface area contributed by atoms with Crippen LogP contribution in [0.1, 0.15) is 87.2 Å². The number of aromatic nitrogens is 3. The lowest BCUT2D eigenvalue weighted by Gasteiger charge is -2.42. The highest BCUT2D eigenvalue weighted by atomic mass is 16.2. The predicted octanol–water partition coefficient (Wildman–Crippen LogP) is 3.18. The largest absolute Gasteiger partial charge is 0.337 e. The third kappa shape index (κ3) is 3.51. The molecule has 1 saturated heterocycles. The summed E-state index contributed by atoms with van der Waals surface area (Å²) < 4.78 is 1.63. The molecule has 31 heavy (non-hydrogen) atoms. The van der Waals surface area contributed by atoms with Crippen molar-refractivity contribution >= 4 is 11.6 Å². The zero-order valence-corrected chi connectivity index (χ0v) is 18.3. The molecule has 2 aliphatic heterocycles. The zero-order valence-electron chi connectivity index (χ0n) is 18.3. The lowest BCUT2D eigenvalue weighted by atomic mass is 9.89. The summed E-state index contributed by atoms with van der Waals surface area (Å²) in [5, 5.41) is 3.43. The maximum atomic E-state index is 13.3. The monoisotopic (exact) mass is 423 g/mol. The van der Waals surface area contributed by atoms with Crippen molar-refractivity contribution < 1.29 is 4.79 Å². The van der Waals surface area contributed by atoms with Gasteiger partial charge in [0.1, 0.15) is 0 Å². The van der Waals surface area contributed by atoms with E-state index in [-0.39, 0.29) is 17.4 Å². The maximum Gasteiger partial charge on any atom is 0.277 e. The molecule has 4 heterocycles. The summed E-state index contributed by atoms with van der Waals surface area (Å²) in [6, 6.07) is 3.13. The van der Waals surface area contributed by atoms with E-state index in [1.807, 2.05) is 4.90 Å². The van der Waals surface area contributed by atoms with Gasteiger partial charge in [0.05, 0.1) is 29.5 Å². The fourth-order valence-electron chi connectivity index (χ4n) is 6.08. The maximum absolute atomic E-state index is 13.3. The van der Waals surface area contributed by atoms with Crippen molar-refractivity contribution in [3.63, 3.8) is 0 Å². The molecular formula is C24H33N5O2. The Morgan fingerprint density at radius 1 is 1.00 bits per heavy atom. The van der Waals surface area contributed by atoms with Crippen LogP contribution in [-0.2, 0) is 17.8 Å². The van der Waals surface area contributed by atoms with E-state index in [4.69, 9.17) is 4.98 Å². The number of aromatic amines is 1. The highest BCUT2D eigenvalue weighted by molar-refractivity contribution is 5.81. The number of rotatable bonds is 3. The van der Waals surface area contributed by atoms with Crippen molar-refractivity contribution in [1.29, 1.82) is 0 Å². The Kier molecular flexibility index (Phi) is 4.89. The van der Waals surface area contributed by atoms with E-state index in [2.05, 4.69) is 16.1 Å². The standard InChI is InChI=1S/C24H33N5O2/c30-23(16-9-10-16)27-13-11-19-18(15-27)24(31)29-22(25-19)14-20(26-29)21-8-4-5-12-28(21)17-6-2-1-3-7-17/h14,16-17,21,26H,1-13,15H2. The first kappa shape index (κ1) is 19.5. The molecule has 0 radical (unpaired) electrons. The van der Waals surface area contributed by atoms with Crippen LogP contribution in [0.2, 0.25) is 0 Å². The first-order chi connectivity index (χ1) is 15.2. The summed E-state index contributed by atoms with van der Waals surface area (Å²) in [5.41, 5.74) is 3.40. The second-order valence-electron chi connectivity index (χ2n) is 10.1. The molecule has 166 valence electrons. The second-order valence-corrected chi connectivity index (χ2v) is 10.1. The van der Waals surface area contributed by atoms with Crippen LogP contribution in [0.15, 0.2) is 10.9 Å². The molecular weight excluding hydrogens is 390 g/mol. The minimum absolute atomic E-state index is 0.0282. The van der Waals surface area contributed by atoms with Gasteiger partial charge in [-0.2, -0.15) is 0 Å². The summed E-state index contributed by atoms with van der Waals surface area (Å²) in [4.78, 5) is 35.3. The molecule has 1 atom stereocenters. The summed E-state index contributed by atoms with van der Waals surface area (Å²) in [7, 11) is 0. The van der Waals surface area contributed by atoms with E-state index in [0.29, 0.717) is 37.2 Å². The van der Waals surface area contributed by atoms with Gasteiger partial charge in [-0.3, -0.25) is 19.6 Å². The Morgan fingerprint density at radius 2 is 1.81 bits per heavy atom. The number of hydrogen-bond acceptors (Lipinski definition) is 4. The van der Waals surface area contributed by atoms with Crippen LogP contribution in [0.4, 0.5) is 0 Å². The normalized spacial score (nSPS) is 25.7. The third-order valence-electron chi connectivity index (χ3n) is 7.97. The predicted molar refractivity (Wildman–Crippen MR) is 118 cm³/mol. The van der Waals surface area contributed by atoms with Gasteiger partial charge in [0.25, 0.3) is 5.56 Å². The average molecular weight is 424 g/mol. The molecule has 6 rings (SSSR count). The number of nitrogens with one attached hydrogen (secondary N) is 1. The molecule has 3 fully saturated rings. The molecule has 2 aromatic heterocycles. The fraction of sp³-hybridized carbons (Fsp3) is 0.708. The second kappa shape index (κ2) is 7.76. The summed E-state index contributed by atoms with van der Waals surface area (Å²) >= 11 is 0. The van der Waals surface area contributed by atoms with E-state index in [1.165, 1.54) is 44.9 Å². The minimum Gasteiger partial charge on any atom is -0.337 e. The van der Waals surface area contributed by atoms with Gasteiger partial charge >= 0.3 is 0 Å². The topological polar surface area (TPSA) is 73.7 Å². The number of fused-ring (bicyclic) bond motifs is 2. The van der Waals surface area contributed by atoms with Gasteiger partial charge in [-0.1, -0.05) is 25.7 Å². The first-order valence-electron chi connectivity index (χ1n) is 12.4. The Bertz CT molecular complexity index is 1050. The molecule has 7 heteroatoms. The molecule has 4 aliphatic rings. The SMILES string of the molecule is O=C(C1CC1)N1CCc2nc3cc(C4CCCCN4C4CCCCC4)[nH]n3c(=O)c2C1. The van der Waals surface area contributed by atoms with Crippen LogP contribution in [0.25, 0.3) is 5.65 Å². The minimum atomic E-state index is -0.0282. The molecule has 1 unspecified atom stereocenters. The van der Waals surface area contributed by atoms with E-state index in [1.54, 1.807) is 4.52 Å². The van der Waals surface area contributed by atoms with E-state index in [9.17, 15) is 9.59 Å². The molecule has 2 aromatic rings. The number of carbonyl (C=O) groups excluding carboxylic acids is 1. The summed E-state index contributed by atoms with van der Waals surface area (Å²) in [6.45, 7) is 2.24. The van der Waals surface area contributed by atoms with Crippen LogP contribution in [-0.4, -0.2) is 49.4 Å². The average Bonchev–Trinajstić information content (AvgIpc) is 3.58. The highest BCUT2D eigenvalue weighted by Gasteiger charge is 2.36. The molecule has 2 saturated carbocycles. The number of carbonyl (C=O) groups is 1. The Balaban J connectivity index is 1.32. The Morgan fingerprint density at radius 3 is 2.61 bits per heavy atom. The number of likely N-dealkylation sites (tertiary alicyclic amines) is 1. The van der Waals surface area contributed by atoms with Crippen LogP contribution in [0, 0.1) is 5.92 Å². The molecule has 2 aliphatic carbocycles. The van der Waals surface area contributed by atoms with Crippen molar-refractivity contribution in [3.8, 4) is 0 Å². The van der Waals surface area contributed by atoms with Crippen LogP contribution in [0.5, 0.6) is 0 Å². The van der Waals surface area contributed by atoms with E-state index < -0.39 is 0 Å². The van der Waals surface area contributed by atoms with Crippen molar-refractivity contribution in [2.75, 3.05) is 13.1 Å².